The molecule has 0 aliphatic carbocycles. The molecule has 0 amide bonds. The Kier molecular flexibility index (Phi) is 5.73. The molecule has 3 heterocycles. The van der Waals surface area contributed by atoms with Crippen LogP contribution in [-0.2, 0) is 4.74 Å². The monoisotopic (exact) mass is 389 g/mol. The second-order valence-electron chi connectivity index (χ2n) is 6.70. The van der Waals surface area contributed by atoms with Crippen molar-refractivity contribution < 1.29 is 9.47 Å². The van der Waals surface area contributed by atoms with E-state index in [0.29, 0.717) is 25.0 Å². The van der Waals surface area contributed by atoms with Gasteiger partial charge in [-0.1, -0.05) is 29.7 Å². The highest BCUT2D eigenvalue weighted by Gasteiger charge is 2.17. The minimum Gasteiger partial charge on any atom is -0.450 e. The van der Waals surface area contributed by atoms with Crippen molar-refractivity contribution in [2.24, 2.45) is 0 Å². The molecule has 29 heavy (non-hydrogen) atoms. The molecule has 0 bridgehead atoms. The van der Waals surface area contributed by atoms with Crippen LogP contribution in [-0.4, -0.2) is 52.7 Å². The summed E-state index contributed by atoms with van der Waals surface area (Å²) in [4.78, 5) is 11.3. The number of rotatable bonds is 5. The smallest absolute Gasteiger partial charge is 0.321 e. The molecular weight excluding hydrogens is 366 g/mol. The van der Waals surface area contributed by atoms with Crippen LogP contribution in [0.25, 0.3) is 17.1 Å². The Balaban J connectivity index is 1.67. The number of benzene rings is 1. The standard InChI is InChI=1S/C22H23N5O2/c1-3-4-12-29-22-23-20(26-10-13-28-14-11-26)16-21(24-22)27-9-8-19(25-27)18-7-5-6-17(2)15-18/h5-9,15-16H,10-14H2,1-2H3. The topological polar surface area (TPSA) is 65.3 Å². The summed E-state index contributed by atoms with van der Waals surface area (Å²) >= 11 is 0. The van der Waals surface area contributed by atoms with Crippen molar-refractivity contribution in [2.45, 2.75) is 13.8 Å². The average molecular weight is 389 g/mol. The Morgan fingerprint density at radius 1 is 1.10 bits per heavy atom. The van der Waals surface area contributed by atoms with Gasteiger partial charge in [-0.15, -0.1) is 5.92 Å². The predicted octanol–water partition coefficient (Wildman–Crippen LogP) is 2.88. The van der Waals surface area contributed by atoms with E-state index in [0.717, 1.165) is 30.2 Å². The maximum atomic E-state index is 5.65. The molecule has 1 aromatic carbocycles. The lowest BCUT2D eigenvalue weighted by atomic mass is 10.1. The molecule has 148 valence electrons. The van der Waals surface area contributed by atoms with E-state index in [4.69, 9.17) is 14.6 Å². The number of ether oxygens (including phenoxy) is 2. The lowest BCUT2D eigenvalue weighted by Crippen LogP contribution is -2.37. The molecule has 0 radical (unpaired) electrons. The van der Waals surface area contributed by atoms with Crippen molar-refractivity contribution in [1.29, 1.82) is 0 Å². The van der Waals surface area contributed by atoms with Crippen molar-refractivity contribution in [3.63, 3.8) is 0 Å². The first-order chi connectivity index (χ1) is 14.2. The van der Waals surface area contributed by atoms with Gasteiger partial charge in [0.2, 0.25) is 0 Å². The van der Waals surface area contributed by atoms with Crippen molar-refractivity contribution in [3.8, 4) is 34.9 Å². The first-order valence-electron chi connectivity index (χ1n) is 9.60. The molecule has 4 rings (SSSR count). The second-order valence-corrected chi connectivity index (χ2v) is 6.70. The third-order valence-electron chi connectivity index (χ3n) is 4.60. The van der Waals surface area contributed by atoms with E-state index in [1.54, 1.807) is 11.6 Å². The molecule has 1 aliphatic rings. The molecule has 0 N–H and O–H groups in total. The quantitative estimate of drug-likeness (QED) is 0.625. The largest absolute Gasteiger partial charge is 0.450 e. The molecule has 0 atom stereocenters. The van der Waals surface area contributed by atoms with Crippen molar-refractivity contribution >= 4 is 5.82 Å². The Morgan fingerprint density at radius 2 is 1.93 bits per heavy atom. The maximum Gasteiger partial charge on any atom is 0.321 e. The van der Waals surface area contributed by atoms with Gasteiger partial charge in [-0.05, 0) is 26.0 Å². The zero-order chi connectivity index (χ0) is 20.1. The highest BCUT2D eigenvalue weighted by atomic mass is 16.5. The van der Waals surface area contributed by atoms with Crippen LogP contribution in [0.15, 0.2) is 42.6 Å². The highest BCUT2D eigenvalue weighted by Crippen LogP contribution is 2.22. The molecule has 7 nitrogen and oxygen atoms in total. The van der Waals surface area contributed by atoms with Gasteiger partial charge in [-0.25, -0.2) is 4.68 Å². The van der Waals surface area contributed by atoms with Crippen LogP contribution in [0.4, 0.5) is 5.82 Å². The molecule has 0 unspecified atom stereocenters. The third kappa shape index (κ3) is 4.55. The summed E-state index contributed by atoms with van der Waals surface area (Å²) in [5.41, 5.74) is 3.15. The molecule has 1 aliphatic heterocycles. The second kappa shape index (κ2) is 8.76. The van der Waals surface area contributed by atoms with Gasteiger partial charge < -0.3 is 14.4 Å². The van der Waals surface area contributed by atoms with Crippen molar-refractivity contribution in [2.75, 3.05) is 37.8 Å². The van der Waals surface area contributed by atoms with Gasteiger partial charge in [0, 0.05) is 30.9 Å². The first kappa shape index (κ1) is 19.0. The summed E-state index contributed by atoms with van der Waals surface area (Å²) < 4.78 is 12.9. The zero-order valence-electron chi connectivity index (χ0n) is 16.6. The Hall–Kier alpha value is -3.37. The first-order valence-corrected chi connectivity index (χ1v) is 9.60. The number of anilines is 1. The highest BCUT2D eigenvalue weighted by molar-refractivity contribution is 5.60. The molecular formula is C22H23N5O2. The average Bonchev–Trinajstić information content (AvgIpc) is 3.25. The van der Waals surface area contributed by atoms with E-state index in [9.17, 15) is 0 Å². The SMILES string of the molecule is CC#CCOc1nc(N2CCOCC2)cc(-n2ccc(-c3cccc(C)c3)n2)n1. The number of hydrogen-bond acceptors (Lipinski definition) is 6. The van der Waals surface area contributed by atoms with Crippen LogP contribution in [0.1, 0.15) is 12.5 Å². The van der Waals surface area contributed by atoms with E-state index in [1.165, 1.54) is 5.56 Å². The summed E-state index contributed by atoms with van der Waals surface area (Å²) in [5, 5.41) is 4.72. The van der Waals surface area contributed by atoms with Gasteiger partial charge in [0.15, 0.2) is 12.4 Å². The summed E-state index contributed by atoms with van der Waals surface area (Å²) in [7, 11) is 0. The predicted molar refractivity (Wildman–Crippen MR) is 111 cm³/mol. The lowest BCUT2D eigenvalue weighted by Gasteiger charge is -2.28. The Bertz CT molecular complexity index is 1040. The van der Waals surface area contributed by atoms with E-state index >= 15 is 0 Å². The van der Waals surface area contributed by atoms with E-state index in [2.05, 4.69) is 51.8 Å². The van der Waals surface area contributed by atoms with E-state index in [1.807, 2.05) is 24.4 Å². The van der Waals surface area contributed by atoms with E-state index in [-0.39, 0.29) is 6.61 Å². The van der Waals surface area contributed by atoms with Gasteiger partial charge in [0.25, 0.3) is 0 Å². The fourth-order valence-electron chi connectivity index (χ4n) is 3.12. The summed E-state index contributed by atoms with van der Waals surface area (Å²) in [6.45, 7) is 7.00. The number of nitrogens with zero attached hydrogens (tertiary/aromatic N) is 5. The normalized spacial score (nSPS) is 13.7. The number of hydrogen-bond donors (Lipinski definition) is 0. The van der Waals surface area contributed by atoms with Gasteiger partial charge in [-0.3, -0.25) is 0 Å². The van der Waals surface area contributed by atoms with Gasteiger partial charge in [-0.2, -0.15) is 15.1 Å². The fraction of sp³-hybridized carbons (Fsp3) is 0.318. The Morgan fingerprint density at radius 3 is 2.72 bits per heavy atom. The third-order valence-corrected chi connectivity index (χ3v) is 4.60. The van der Waals surface area contributed by atoms with Crippen molar-refractivity contribution in [3.05, 3.63) is 48.2 Å². The summed E-state index contributed by atoms with van der Waals surface area (Å²) in [6.07, 6.45) is 1.90. The summed E-state index contributed by atoms with van der Waals surface area (Å²) in [5.74, 6) is 7.14. The van der Waals surface area contributed by atoms with E-state index < -0.39 is 0 Å². The Labute approximate surface area is 170 Å². The zero-order valence-corrected chi connectivity index (χ0v) is 16.6. The number of morpholine rings is 1. The molecule has 3 aromatic rings. The molecule has 7 heteroatoms. The van der Waals surface area contributed by atoms with Gasteiger partial charge in [0.1, 0.15) is 5.82 Å². The van der Waals surface area contributed by atoms with Crippen LogP contribution >= 0.6 is 0 Å². The number of aromatic nitrogens is 4. The van der Waals surface area contributed by atoms with Crippen LogP contribution in [0, 0.1) is 18.8 Å². The van der Waals surface area contributed by atoms with Crippen LogP contribution in [0.2, 0.25) is 0 Å². The van der Waals surface area contributed by atoms with Crippen LogP contribution in [0.5, 0.6) is 6.01 Å². The molecule has 0 spiro atoms. The van der Waals surface area contributed by atoms with Gasteiger partial charge in [0.05, 0.1) is 18.9 Å². The molecule has 1 fully saturated rings. The van der Waals surface area contributed by atoms with Crippen molar-refractivity contribution in [1.82, 2.24) is 19.7 Å². The fourth-order valence-corrected chi connectivity index (χ4v) is 3.12. The number of aryl methyl sites for hydroxylation is 1. The minimum absolute atomic E-state index is 0.246. The lowest BCUT2D eigenvalue weighted by molar-refractivity contribution is 0.122. The van der Waals surface area contributed by atoms with Crippen LogP contribution in [0.3, 0.4) is 0 Å². The molecule has 1 saturated heterocycles. The molecule has 2 aromatic heterocycles. The minimum atomic E-state index is 0.246. The molecule has 0 saturated carbocycles. The summed E-state index contributed by atoms with van der Waals surface area (Å²) in [6, 6.07) is 12.5. The van der Waals surface area contributed by atoms with Gasteiger partial charge >= 0.3 is 6.01 Å². The maximum absolute atomic E-state index is 5.65. The van der Waals surface area contributed by atoms with Crippen LogP contribution < -0.4 is 9.64 Å².